The van der Waals surface area contributed by atoms with Crippen LogP contribution >= 0.6 is 0 Å². The van der Waals surface area contributed by atoms with Gasteiger partial charge in [0.25, 0.3) is 0 Å². The summed E-state index contributed by atoms with van der Waals surface area (Å²) in [4.78, 5) is 2.61. The molecule has 0 amide bonds. The van der Waals surface area contributed by atoms with E-state index in [-0.39, 0.29) is 5.41 Å². The van der Waals surface area contributed by atoms with Crippen LogP contribution in [0.5, 0.6) is 0 Å². The molecule has 3 rings (SSSR count). The predicted molar refractivity (Wildman–Crippen MR) is 80.1 cm³/mol. The number of nitrogens with one attached hydrogen (secondary N) is 1. The number of rotatable bonds is 3. The molecule has 0 radical (unpaired) electrons. The van der Waals surface area contributed by atoms with Crippen molar-refractivity contribution in [1.29, 1.82) is 5.41 Å². The zero-order valence-electron chi connectivity index (χ0n) is 12.1. The summed E-state index contributed by atoms with van der Waals surface area (Å²) in [5.41, 5.74) is 3.53. The van der Waals surface area contributed by atoms with Crippen molar-refractivity contribution in [3.63, 3.8) is 0 Å². The highest BCUT2D eigenvalue weighted by atomic mass is 15.2. The van der Waals surface area contributed by atoms with Crippen molar-refractivity contribution in [2.75, 3.05) is 13.1 Å². The minimum absolute atomic E-state index is 0.00602. The highest BCUT2D eigenvalue weighted by molar-refractivity contribution is 5.92. The lowest BCUT2D eigenvalue weighted by atomic mass is 9.68. The van der Waals surface area contributed by atoms with Crippen molar-refractivity contribution >= 4 is 5.71 Å². The average Bonchev–Trinajstić information content (AvgIpc) is 2.83. The lowest BCUT2D eigenvalue weighted by Gasteiger charge is -2.53. The van der Waals surface area contributed by atoms with E-state index in [1.54, 1.807) is 0 Å². The molecular weight excluding hydrogens is 232 g/mol. The first-order valence-corrected chi connectivity index (χ1v) is 7.49. The molecule has 1 aromatic carbocycles. The van der Waals surface area contributed by atoms with Crippen molar-refractivity contribution < 1.29 is 0 Å². The maximum absolute atomic E-state index is 8.27. The van der Waals surface area contributed by atoms with Gasteiger partial charge in [-0.05, 0) is 37.8 Å². The predicted octanol–water partition coefficient (Wildman–Crippen LogP) is 3.53. The largest absolute Gasteiger partial charge is 0.309 e. The molecule has 1 aliphatic heterocycles. The number of benzene rings is 1. The van der Waals surface area contributed by atoms with Gasteiger partial charge in [-0.25, -0.2) is 0 Å². The number of aryl methyl sites for hydroxylation is 1. The van der Waals surface area contributed by atoms with E-state index in [1.165, 1.54) is 36.8 Å². The molecule has 1 saturated heterocycles. The van der Waals surface area contributed by atoms with Crippen molar-refractivity contribution in [1.82, 2.24) is 4.90 Å². The van der Waals surface area contributed by atoms with Crippen LogP contribution < -0.4 is 0 Å². The van der Waals surface area contributed by atoms with E-state index in [1.807, 2.05) is 6.92 Å². The summed E-state index contributed by atoms with van der Waals surface area (Å²) < 4.78 is 0. The number of nitrogens with zero attached hydrogens (tertiary/aromatic N) is 1. The SMILES string of the molecule is CC(=N)C1(c2ccccc2C)CN(C2CCCC2)C1. The van der Waals surface area contributed by atoms with Crippen LogP contribution in [0.2, 0.25) is 0 Å². The van der Waals surface area contributed by atoms with Gasteiger partial charge in [-0.2, -0.15) is 0 Å². The van der Waals surface area contributed by atoms with Crippen molar-refractivity contribution in [2.24, 2.45) is 0 Å². The van der Waals surface area contributed by atoms with Crippen LogP contribution in [0.15, 0.2) is 24.3 Å². The second kappa shape index (κ2) is 4.75. The van der Waals surface area contributed by atoms with Crippen LogP contribution in [-0.2, 0) is 5.41 Å². The van der Waals surface area contributed by atoms with Gasteiger partial charge in [0.2, 0.25) is 0 Å². The lowest BCUT2D eigenvalue weighted by Crippen LogP contribution is -2.65. The third-order valence-corrected chi connectivity index (χ3v) is 5.17. The first kappa shape index (κ1) is 12.9. The summed E-state index contributed by atoms with van der Waals surface area (Å²) >= 11 is 0. The first-order valence-electron chi connectivity index (χ1n) is 7.49. The molecule has 0 atom stereocenters. The Morgan fingerprint density at radius 2 is 1.84 bits per heavy atom. The van der Waals surface area contributed by atoms with Crippen LogP contribution in [0, 0.1) is 12.3 Å². The molecule has 1 aromatic rings. The lowest BCUT2D eigenvalue weighted by molar-refractivity contribution is 0.0628. The summed E-state index contributed by atoms with van der Waals surface area (Å²) in [6.45, 7) is 6.27. The minimum atomic E-state index is -0.00602. The molecule has 102 valence electrons. The summed E-state index contributed by atoms with van der Waals surface area (Å²) in [5.74, 6) is 0. The molecule has 1 saturated carbocycles. The molecule has 0 bridgehead atoms. The molecule has 0 unspecified atom stereocenters. The molecule has 0 spiro atoms. The highest BCUT2D eigenvalue weighted by Gasteiger charge is 2.49. The van der Waals surface area contributed by atoms with Crippen molar-refractivity contribution in [3.8, 4) is 0 Å². The van der Waals surface area contributed by atoms with Gasteiger partial charge in [-0.1, -0.05) is 37.1 Å². The van der Waals surface area contributed by atoms with Gasteiger partial charge in [0.1, 0.15) is 0 Å². The van der Waals surface area contributed by atoms with Gasteiger partial charge >= 0.3 is 0 Å². The number of hydrogen-bond acceptors (Lipinski definition) is 2. The fourth-order valence-corrected chi connectivity index (χ4v) is 3.89. The van der Waals surface area contributed by atoms with Gasteiger partial charge in [-0.3, -0.25) is 4.90 Å². The monoisotopic (exact) mass is 256 g/mol. The standard InChI is InChI=1S/C17H24N2/c1-13-7-3-6-10-16(13)17(14(2)18)11-19(12-17)15-8-4-5-9-15/h3,6-7,10,15,18H,4-5,8-9,11-12H2,1-2H3. The van der Waals surface area contributed by atoms with Crippen LogP contribution in [0.3, 0.4) is 0 Å². The topological polar surface area (TPSA) is 27.1 Å². The zero-order valence-corrected chi connectivity index (χ0v) is 12.1. The Kier molecular flexibility index (Phi) is 3.22. The smallest absolute Gasteiger partial charge is 0.0582 e. The molecule has 2 nitrogen and oxygen atoms in total. The Balaban J connectivity index is 1.84. The molecule has 19 heavy (non-hydrogen) atoms. The zero-order chi connectivity index (χ0) is 13.5. The van der Waals surface area contributed by atoms with E-state index in [9.17, 15) is 0 Å². The molecule has 0 aromatic heterocycles. The molecule has 1 aliphatic carbocycles. The molecule has 1 heterocycles. The molecule has 1 N–H and O–H groups in total. The number of likely N-dealkylation sites (tertiary alicyclic amines) is 1. The van der Waals surface area contributed by atoms with Crippen LogP contribution in [-0.4, -0.2) is 29.7 Å². The van der Waals surface area contributed by atoms with Crippen LogP contribution in [0.4, 0.5) is 0 Å². The molecule has 2 heteroatoms. The molecule has 2 aliphatic rings. The summed E-state index contributed by atoms with van der Waals surface area (Å²) in [6, 6.07) is 9.40. The quantitative estimate of drug-likeness (QED) is 0.823. The van der Waals surface area contributed by atoms with Crippen molar-refractivity contribution in [2.45, 2.75) is 51.0 Å². The summed E-state index contributed by atoms with van der Waals surface area (Å²) in [7, 11) is 0. The van der Waals surface area contributed by atoms with Gasteiger partial charge in [-0.15, -0.1) is 0 Å². The van der Waals surface area contributed by atoms with Gasteiger partial charge in [0.15, 0.2) is 0 Å². The van der Waals surface area contributed by atoms with E-state index in [2.05, 4.69) is 36.1 Å². The Morgan fingerprint density at radius 3 is 2.42 bits per heavy atom. The van der Waals surface area contributed by atoms with E-state index < -0.39 is 0 Å². The van der Waals surface area contributed by atoms with Crippen LogP contribution in [0.25, 0.3) is 0 Å². The fourth-order valence-electron chi connectivity index (χ4n) is 3.89. The fraction of sp³-hybridized carbons (Fsp3) is 0.588. The maximum Gasteiger partial charge on any atom is 0.0582 e. The Bertz CT molecular complexity index is 480. The summed E-state index contributed by atoms with van der Waals surface area (Å²) in [6.07, 6.45) is 5.51. The van der Waals surface area contributed by atoms with E-state index in [0.717, 1.165) is 24.8 Å². The number of hydrogen-bond donors (Lipinski definition) is 1. The Labute approximate surface area is 116 Å². The van der Waals surface area contributed by atoms with E-state index in [4.69, 9.17) is 5.41 Å². The highest BCUT2D eigenvalue weighted by Crippen LogP contribution is 2.41. The van der Waals surface area contributed by atoms with Crippen LogP contribution in [0.1, 0.15) is 43.7 Å². The average molecular weight is 256 g/mol. The third kappa shape index (κ3) is 2.02. The van der Waals surface area contributed by atoms with Gasteiger partial charge in [0, 0.05) is 24.8 Å². The minimum Gasteiger partial charge on any atom is -0.309 e. The van der Waals surface area contributed by atoms with E-state index in [0.29, 0.717) is 0 Å². The van der Waals surface area contributed by atoms with Crippen molar-refractivity contribution in [3.05, 3.63) is 35.4 Å². The van der Waals surface area contributed by atoms with Gasteiger partial charge < -0.3 is 5.41 Å². The molecular formula is C17H24N2. The summed E-state index contributed by atoms with van der Waals surface area (Å²) in [5, 5.41) is 8.27. The van der Waals surface area contributed by atoms with Gasteiger partial charge in [0.05, 0.1) is 5.41 Å². The second-order valence-electron chi connectivity index (χ2n) is 6.37. The Morgan fingerprint density at radius 1 is 1.21 bits per heavy atom. The Hall–Kier alpha value is -1.15. The first-order chi connectivity index (χ1) is 9.13. The third-order valence-electron chi connectivity index (χ3n) is 5.17. The maximum atomic E-state index is 8.27. The normalized spacial score (nSPS) is 23.3. The van der Waals surface area contributed by atoms with E-state index >= 15 is 0 Å². The second-order valence-corrected chi connectivity index (χ2v) is 6.37. The molecule has 2 fully saturated rings.